The maximum Gasteiger partial charge on any atom is 0.416 e. The zero-order chi connectivity index (χ0) is 32.3. The van der Waals surface area contributed by atoms with Gasteiger partial charge in [-0.25, -0.2) is 0 Å². The van der Waals surface area contributed by atoms with E-state index in [9.17, 15) is 22.8 Å². The fraction of sp³-hybridized carbons (Fsp3) is 0.405. The molecule has 2 aliphatic carbocycles. The quantitative estimate of drug-likeness (QED) is 0.230. The van der Waals surface area contributed by atoms with Gasteiger partial charge in [0.1, 0.15) is 17.5 Å². The highest BCUT2D eigenvalue weighted by molar-refractivity contribution is 5.92. The van der Waals surface area contributed by atoms with E-state index in [1.807, 2.05) is 18.2 Å². The normalized spacial score (nSPS) is 28.0. The number of carbonyl (C=O) groups is 2. The van der Waals surface area contributed by atoms with Crippen molar-refractivity contribution in [1.29, 1.82) is 0 Å². The number of ether oxygens (including phenoxy) is 2. The lowest BCUT2D eigenvalue weighted by atomic mass is 9.48. The Morgan fingerprint density at radius 3 is 2.52 bits per heavy atom. The third-order valence-corrected chi connectivity index (χ3v) is 10.8. The predicted octanol–water partition coefficient (Wildman–Crippen LogP) is 6.21. The second kappa shape index (κ2) is 11.3. The molecule has 7 rings (SSSR count). The molecule has 2 fully saturated rings. The average Bonchev–Trinajstić information content (AvgIpc) is 3.38. The fourth-order valence-electron chi connectivity index (χ4n) is 8.82. The van der Waals surface area contributed by atoms with E-state index in [-0.39, 0.29) is 24.0 Å². The number of hydrogen-bond acceptors (Lipinski definition) is 5. The molecule has 1 spiro atoms. The van der Waals surface area contributed by atoms with Crippen LogP contribution < -0.4 is 4.74 Å². The first-order chi connectivity index (χ1) is 22.0. The van der Waals surface area contributed by atoms with E-state index < -0.39 is 28.9 Å². The van der Waals surface area contributed by atoms with Crippen molar-refractivity contribution in [3.8, 4) is 5.75 Å². The Balaban J connectivity index is 1.20. The van der Waals surface area contributed by atoms with Crippen LogP contribution in [0.4, 0.5) is 13.2 Å². The monoisotopic (exact) mass is 630 g/mol. The van der Waals surface area contributed by atoms with Gasteiger partial charge in [0, 0.05) is 32.2 Å². The molecule has 4 aliphatic rings. The van der Waals surface area contributed by atoms with Gasteiger partial charge in [0.05, 0.1) is 23.1 Å². The molecule has 3 aromatic carbocycles. The Morgan fingerprint density at radius 1 is 1.04 bits per heavy atom. The number of likely N-dealkylation sites (tertiary alicyclic amines) is 1. The summed E-state index contributed by atoms with van der Waals surface area (Å²) < 4.78 is 52.4. The summed E-state index contributed by atoms with van der Waals surface area (Å²) in [4.78, 5) is 30.7. The average molecular weight is 631 g/mol. The van der Waals surface area contributed by atoms with Gasteiger partial charge in [-0.15, -0.1) is 0 Å². The summed E-state index contributed by atoms with van der Waals surface area (Å²) in [5, 5.41) is 0. The lowest BCUT2D eigenvalue weighted by molar-refractivity contribution is -0.223. The van der Waals surface area contributed by atoms with Gasteiger partial charge in [0.25, 0.3) is 0 Å². The molecule has 240 valence electrons. The molecule has 9 heteroatoms. The standard InChI is InChI=1S/C37H37F3N2O4/c1-24(43)46-36-19-17-29(41(2)32(44)16-13-26-11-14-28(15-12-26)37(38,39)40)34-35(36)20-22-42(21-18-25-7-4-3-5-8-25)31(36)23-27-9-6-10-30(45-34)33(27)35/h3-16,29,31,34H,17-23H2,1-2H3/t29-,31-,34+,35+,36-/m1/s1. The molecule has 2 aliphatic heterocycles. The molecule has 0 radical (unpaired) electrons. The van der Waals surface area contributed by atoms with Gasteiger partial charge < -0.3 is 14.4 Å². The molecule has 1 saturated heterocycles. The zero-order valence-electron chi connectivity index (χ0n) is 25.9. The van der Waals surface area contributed by atoms with E-state index in [2.05, 4.69) is 35.2 Å². The van der Waals surface area contributed by atoms with Gasteiger partial charge in [-0.05, 0) is 79.6 Å². The number of amides is 1. The third kappa shape index (κ3) is 4.82. The van der Waals surface area contributed by atoms with Crippen LogP contribution in [0, 0.1) is 0 Å². The smallest absolute Gasteiger partial charge is 0.416 e. The van der Waals surface area contributed by atoms with E-state index in [1.54, 1.807) is 11.9 Å². The number of hydrogen-bond donors (Lipinski definition) is 0. The van der Waals surface area contributed by atoms with Crippen molar-refractivity contribution < 1.29 is 32.2 Å². The minimum atomic E-state index is -4.42. The predicted molar refractivity (Wildman–Crippen MR) is 167 cm³/mol. The molecule has 6 nitrogen and oxygen atoms in total. The molecule has 0 aromatic heterocycles. The lowest BCUT2D eigenvalue weighted by Gasteiger charge is -2.65. The summed E-state index contributed by atoms with van der Waals surface area (Å²) in [6.07, 6.45) is 1.60. The molecule has 0 unspecified atom stereocenters. The van der Waals surface area contributed by atoms with E-state index in [1.165, 1.54) is 42.3 Å². The summed E-state index contributed by atoms with van der Waals surface area (Å²) in [5.74, 6) is 0.209. The third-order valence-electron chi connectivity index (χ3n) is 10.8. The van der Waals surface area contributed by atoms with Crippen LogP contribution in [-0.2, 0) is 38.8 Å². The van der Waals surface area contributed by atoms with Crippen molar-refractivity contribution in [1.82, 2.24) is 9.80 Å². The van der Waals surface area contributed by atoms with Gasteiger partial charge in [-0.3, -0.25) is 14.5 Å². The van der Waals surface area contributed by atoms with Crippen molar-refractivity contribution in [2.75, 3.05) is 20.1 Å². The fourth-order valence-corrected chi connectivity index (χ4v) is 8.82. The van der Waals surface area contributed by atoms with E-state index in [4.69, 9.17) is 9.47 Å². The van der Waals surface area contributed by atoms with E-state index in [0.29, 0.717) is 18.4 Å². The van der Waals surface area contributed by atoms with E-state index in [0.717, 1.165) is 55.8 Å². The Bertz CT molecular complexity index is 1670. The summed E-state index contributed by atoms with van der Waals surface area (Å²) in [5.41, 5.74) is 1.91. The molecule has 46 heavy (non-hydrogen) atoms. The number of esters is 1. The summed E-state index contributed by atoms with van der Waals surface area (Å²) >= 11 is 0. The molecular formula is C37H37F3N2O4. The number of piperidine rings is 1. The highest BCUT2D eigenvalue weighted by Crippen LogP contribution is 2.65. The molecule has 1 saturated carbocycles. The summed E-state index contributed by atoms with van der Waals surface area (Å²) in [6.45, 7) is 3.13. The first kappa shape index (κ1) is 30.5. The number of likely N-dealkylation sites (N-methyl/N-ethyl adjacent to an activating group) is 1. The number of benzene rings is 3. The molecule has 5 atom stereocenters. The highest BCUT2D eigenvalue weighted by atomic mass is 19.4. The van der Waals surface area contributed by atoms with Gasteiger partial charge in [-0.2, -0.15) is 13.2 Å². The number of carbonyl (C=O) groups excluding carboxylic acids is 2. The second-order valence-corrected chi connectivity index (χ2v) is 13.0. The minimum absolute atomic E-state index is 0.0395. The van der Waals surface area contributed by atoms with Crippen molar-refractivity contribution >= 4 is 18.0 Å². The highest BCUT2D eigenvalue weighted by Gasteiger charge is 2.75. The number of halogens is 3. The first-order valence-corrected chi connectivity index (χ1v) is 15.9. The van der Waals surface area contributed by atoms with Gasteiger partial charge in [-0.1, -0.05) is 54.6 Å². The minimum Gasteiger partial charge on any atom is -0.487 e. The molecular weight excluding hydrogens is 593 g/mol. The van der Waals surface area contributed by atoms with E-state index >= 15 is 0 Å². The second-order valence-electron chi connectivity index (χ2n) is 13.0. The first-order valence-electron chi connectivity index (χ1n) is 15.9. The molecule has 2 bridgehead atoms. The van der Waals surface area contributed by atoms with Crippen LogP contribution in [0.1, 0.15) is 54.0 Å². The number of nitrogens with zero attached hydrogens (tertiary/aromatic N) is 2. The Labute approximate surface area is 266 Å². The summed E-state index contributed by atoms with van der Waals surface area (Å²) in [7, 11) is 1.75. The van der Waals surface area contributed by atoms with Crippen molar-refractivity contribution in [2.24, 2.45) is 0 Å². The van der Waals surface area contributed by atoms with Crippen LogP contribution in [0.15, 0.2) is 78.9 Å². The van der Waals surface area contributed by atoms with Gasteiger partial charge in [0.2, 0.25) is 5.91 Å². The number of rotatable bonds is 7. The Hall–Kier alpha value is -4.11. The lowest BCUT2D eigenvalue weighted by Crippen LogP contribution is -2.79. The van der Waals surface area contributed by atoms with Crippen molar-refractivity contribution in [3.63, 3.8) is 0 Å². The largest absolute Gasteiger partial charge is 0.487 e. The Kier molecular flexibility index (Phi) is 7.50. The molecule has 2 heterocycles. The molecule has 3 aromatic rings. The SMILES string of the molecule is CC(=O)O[C@@]12CC[C@@H](N(C)C(=O)C=Cc3ccc(C(F)(F)F)cc3)[C@@H]3Oc4cccc5c4[C@@]31CCN(CCc1ccccc1)[C@@H]2C5. The van der Waals surface area contributed by atoms with Crippen LogP contribution in [0.3, 0.4) is 0 Å². The summed E-state index contributed by atoms with van der Waals surface area (Å²) in [6, 6.07) is 20.9. The van der Waals surface area contributed by atoms with Gasteiger partial charge >= 0.3 is 12.1 Å². The molecule has 0 N–H and O–H groups in total. The molecule has 1 amide bonds. The maximum absolute atomic E-state index is 13.6. The van der Waals surface area contributed by atoms with Gasteiger partial charge in [0.15, 0.2) is 0 Å². The maximum atomic E-state index is 13.6. The van der Waals surface area contributed by atoms with Crippen LogP contribution >= 0.6 is 0 Å². The van der Waals surface area contributed by atoms with Crippen LogP contribution in [0.25, 0.3) is 6.08 Å². The van der Waals surface area contributed by atoms with Crippen LogP contribution in [-0.4, -0.2) is 65.6 Å². The Morgan fingerprint density at radius 2 is 1.80 bits per heavy atom. The van der Waals surface area contributed by atoms with Crippen molar-refractivity contribution in [2.45, 2.75) is 74.4 Å². The topological polar surface area (TPSA) is 59.1 Å². The zero-order valence-corrected chi connectivity index (χ0v) is 25.9. The van der Waals surface area contributed by atoms with Crippen LogP contribution in [0.2, 0.25) is 0 Å². The number of alkyl halides is 3. The van der Waals surface area contributed by atoms with Crippen molar-refractivity contribution in [3.05, 3.63) is 107 Å². The van der Waals surface area contributed by atoms with Crippen LogP contribution in [0.5, 0.6) is 5.75 Å².